The monoisotopic (exact) mass is 590 g/mol. The maximum Gasteiger partial charge on any atom is 0.220 e. The number of unbranched alkanes of at least 4 members (excludes halogenated alkanes) is 22. The first-order valence-electron chi connectivity index (χ1n) is 18.2. The lowest BCUT2D eigenvalue weighted by Crippen LogP contribution is -2.45. The number of carbonyl (C=O) groups excluding carboxylic acids is 1. The van der Waals surface area contributed by atoms with E-state index in [1.165, 1.54) is 135 Å². The quantitative estimate of drug-likeness (QED) is 0.0415. The van der Waals surface area contributed by atoms with Gasteiger partial charge in [-0.15, -0.1) is 0 Å². The first kappa shape index (κ1) is 40.6. The fourth-order valence-corrected chi connectivity index (χ4v) is 5.28. The maximum atomic E-state index is 12.3. The zero-order valence-electron chi connectivity index (χ0n) is 28.0. The summed E-state index contributed by atoms with van der Waals surface area (Å²) in [5.41, 5.74) is 0. The van der Waals surface area contributed by atoms with Crippen molar-refractivity contribution in [1.82, 2.24) is 5.32 Å². The number of allylic oxidation sites excluding steroid dienone is 5. The number of carbonyl (C=O) groups is 1. The van der Waals surface area contributed by atoms with Gasteiger partial charge in [0.1, 0.15) is 0 Å². The minimum Gasteiger partial charge on any atom is -0.394 e. The second-order valence-corrected chi connectivity index (χ2v) is 12.3. The van der Waals surface area contributed by atoms with Crippen molar-refractivity contribution in [3.05, 3.63) is 36.5 Å². The summed E-state index contributed by atoms with van der Waals surface area (Å²) < 4.78 is 0. The lowest BCUT2D eigenvalue weighted by atomic mass is 10.0. The summed E-state index contributed by atoms with van der Waals surface area (Å²) in [7, 11) is 0. The molecule has 1 amide bonds. The van der Waals surface area contributed by atoms with Gasteiger partial charge in [0.05, 0.1) is 18.8 Å². The van der Waals surface area contributed by atoms with Crippen LogP contribution >= 0.6 is 0 Å². The Balaban J connectivity index is 3.61. The first-order chi connectivity index (χ1) is 20.7. The summed E-state index contributed by atoms with van der Waals surface area (Å²) in [5.74, 6) is -0.0710. The second-order valence-electron chi connectivity index (χ2n) is 12.3. The molecule has 246 valence electrons. The van der Waals surface area contributed by atoms with Crippen LogP contribution in [0.4, 0.5) is 0 Å². The van der Waals surface area contributed by atoms with E-state index < -0.39 is 12.1 Å². The average Bonchev–Trinajstić information content (AvgIpc) is 2.99. The molecule has 4 nitrogen and oxygen atoms in total. The Hall–Kier alpha value is -1.39. The molecule has 0 saturated carbocycles. The molecule has 4 heteroatoms. The standard InChI is InChI=1S/C38H71NO3/c1-3-5-7-9-11-13-15-16-17-18-19-20-21-22-24-26-28-30-32-34-38(42)39-36(35-40)37(41)33-31-29-27-25-23-14-12-10-8-6-4-2/h11,13,15-16,31,33,36-37,40-41H,3-10,12,14,17-30,32,34-35H2,1-2H3,(H,39,42)/b13-11-,16-15-,33-31+. The Morgan fingerprint density at radius 2 is 0.952 bits per heavy atom. The predicted molar refractivity (Wildman–Crippen MR) is 184 cm³/mol. The minimum absolute atomic E-state index is 0.0710. The van der Waals surface area contributed by atoms with Gasteiger partial charge in [0.15, 0.2) is 0 Å². The molecule has 0 rings (SSSR count). The van der Waals surface area contributed by atoms with Crippen molar-refractivity contribution in [3.8, 4) is 0 Å². The molecule has 42 heavy (non-hydrogen) atoms. The zero-order valence-corrected chi connectivity index (χ0v) is 28.0. The topological polar surface area (TPSA) is 69.6 Å². The lowest BCUT2D eigenvalue weighted by Gasteiger charge is -2.20. The Morgan fingerprint density at radius 1 is 0.571 bits per heavy atom. The molecule has 0 aliphatic rings. The number of amides is 1. The number of hydrogen-bond donors (Lipinski definition) is 3. The van der Waals surface area contributed by atoms with Crippen LogP contribution in [0.25, 0.3) is 0 Å². The van der Waals surface area contributed by atoms with E-state index in [-0.39, 0.29) is 12.5 Å². The Kier molecular flexibility index (Phi) is 33.0. The SMILES string of the molecule is CCCCC/C=C\C=C/CCCCCCCCCCCCC(=O)NC(CO)C(O)/C=C/CCCCCCCCCCC. The summed E-state index contributed by atoms with van der Waals surface area (Å²) >= 11 is 0. The van der Waals surface area contributed by atoms with Gasteiger partial charge >= 0.3 is 0 Å². The van der Waals surface area contributed by atoms with Gasteiger partial charge in [-0.05, 0) is 44.9 Å². The van der Waals surface area contributed by atoms with Crippen LogP contribution in [-0.4, -0.2) is 34.9 Å². The molecular formula is C38H71NO3. The molecule has 0 aromatic heterocycles. The highest BCUT2D eigenvalue weighted by atomic mass is 16.3. The third-order valence-corrected chi connectivity index (χ3v) is 8.15. The number of hydrogen-bond acceptors (Lipinski definition) is 3. The molecule has 0 saturated heterocycles. The minimum atomic E-state index is -0.837. The van der Waals surface area contributed by atoms with E-state index in [4.69, 9.17) is 0 Å². The first-order valence-corrected chi connectivity index (χ1v) is 18.2. The Bertz CT molecular complexity index is 642. The largest absolute Gasteiger partial charge is 0.394 e. The molecule has 2 atom stereocenters. The normalized spacial score (nSPS) is 13.5. The molecule has 2 unspecified atom stereocenters. The van der Waals surface area contributed by atoms with Crippen LogP contribution in [0.5, 0.6) is 0 Å². The molecule has 0 spiro atoms. The molecule has 0 aromatic rings. The second kappa shape index (κ2) is 34.1. The van der Waals surface area contributed by atoms with Crippen LogP contribution in [0.2, 0.25) is 0 Å². The van der Waals surface area contributed by atoms with Crippen molar-refractivity contribution < 1.29 is 15.0 Å². The smallest absolute Gasteiger partial charge is 0.220 e. The Morgan fingerprint density at radius 3 is 1.43 bits per heavy atom. The van der Waals surface area contributed by atoms with Crippen LogP contribution in [0, 0.1) is 0 Å². The summed E-state index contributed by atoms with van der Waals surface area (Å²) in [4.78, 5) is 12.3. The zero-order chi connectivity index (χ0) is 30.8. The van der Waals surface area contributed by atoms with E-state index in [1.54, 1.807) is 6.08 Å². The lowest BCUT2D eigenvalue weighted by molar-refractivity contribution is -0.123. The number of rotatable bonds is 32. The number of aliphatic hydroxyl groups is 2. The predicted octanol–water partition coefficient (Wildman–Crippen LogP) is 10.7. The molecule has 0 heterocycles. The van der Waals surface area contributed by atoms with Gasteiger partial charge in [0, 0.05) is 6.42 Å². The third-order valence-electron chi connectivity index (χ3n) is 8.15. The van der Waals surface area contributed by atoms with E-state index in [0.29, 0.717) is 6.42 Å². The van der Waals surface area contributed by atoms with Gasteiger partial charge in [0.25, 0.3) is 0 Å². The summed E-state index contributed by atoms with van der Waals surface area (Å²) in [6.45, 7) is 4.25. The van der Waals surface area contributed by atoms with Gasteiger partial charge in [-0.25, -0.2) is 0 Å². The fourth-order valence-electron chi connectivity index (χ4n) is 5.28. The van der Waals surface area contributed by atoms with Crippen molar-refractivity contribution in [2.75, 3.05) is 6.61 Å². The van der Waals surface area contributed by atoms with E-state index in [1.807, 2.05) is 6.08 Å². The van der Waals surface area contributed by atoms with Crippen molar-refractivity contribution in [1.29, 1.82) is 0 Å². The van der Waals surface area contributed by atoms with Gasteiger partial charge in [0.2, 0.25) is 5.91 Å². The number of aliphatic hydroxyl groups excluding tert-OH is 2. The molecule has 0 bridgehead atoms. The highest BCUT2D eigenvalue weighted by Crippen LogP contribution is 2.13. The average molecular weight is 590 g/mol. The van der Waals surface area contributed by atoms with Crippen molar-refractivity contribution in [2.45, 2.75) is 193 Å². The van der Waals surface area contributed by atoms with E-state index >= 15 is 0 Å². The molecule has 0 aliphatic carbocycles. The van der Waals surface area contributed by atoms with Crippen LogP contribution in [0.1, 0.15) is 181 Å². The van der Waals surface area contributed by atoms with E-state index in [9.17, 15) is 15.0 Å². The van der Waals surface area contributed by atoms with Gasteiger partial charge in [-0.1, -0.05) is 166 Å². The van der Waals surface area contributed by atoms with Crippen molar-refractivity contribution in [2.24, 2.45) is 0 Å². The summed E-state index contributed by atoms with van der Waals surface area (Å²) in [5, 5.41) is 22.8. The molecule has 0 radical (unpaired) electrons. The van der Waals surface area contributed by atoms with E-state index in [0.717, 1.165) is 25.7 Å². The molecule has 0 aromatic carbocycles. The molecular weight excluding hydrogens is 518 g/mol. The van der Waals surface area contributed by atoms with Crippen LogP contribution < -0.4 is 5.32 Å². The molecule has 0 aliphatic heterocycles. The van der Waals surface area contributed by atoms with Gasteiger partial charge in [-0.2, -0.15) is 0 Å². The molecule has 3 N–H and O–H groups in total. The van der Waals surface area contributed by atoms with Crippen molar-refractivity contribution in [3.63, 3.8) is 0 Å². The Labute approximate surface area is 261 Å². The highest BCUT2D eigenvalue weighted by molar-refractivity contribution is 5.76. The highest BCUT2D eigenvalue weighted by Gasteiger charge is 2.17. The van der Waals surface area contributed by atoms with Crippen LogP contribution in [0.15, 0.2) is 36.5 Å². The summed E-state index contributed by atoms with van der Waals surface area (Å²) in [6, 6.07) is -0.620. The number of nitrogens with one attached hydrogen (secondary N) is 1. The van der Waals surface area contributed by atoms with Crippen LogP contribution in [-0.2, 0) is 4.79 Å². The molecule has 0 fully saturated rings. The summed E-state index contributed by atoms with van der Waals surface area (Å²) in [6.07, 6.45) is 43.6. The maximum absolute atomic E-state index is 12.3. The van der Waals surface area contributed by atoms with Crippen molar-refractivity contribution >= 4 is 5.91 Å². The van der Waals surface area contributed by atoms with Crippen LogP contribution in [0.3, 0.4) is 0 Å². The third kappa shape index (κ3) is 30.1. The van der Waals surface area contributed by atoms with E-state index in [2.05, 4.69) is 43.5 Å². The van der Waals surface area contributed by atoms with Gasteiger partial charge in [-0.3, -0.25) is 4.79 Å². The fraction of sp³-hybridized carbons (Fsp3) is 0.816. The van der Waals surface area contributed by atoms with Gasteiger partial charge < -0.3 is 15.5 Å².